The van der Waals surface area contributed by atoms with Gasteiger partial charge in [0.15, 0.2) is 5.58 Å². The van der Waals surface area contributed by atoms with Gasteiger partial charge in [-0.1, -0.05) is 18.2 Å². The van der Waals surface area contributed by atoms with Gasteiger partial charge in [-0.3, -0.25) is 9.36 Å². The maximum atomic E-state index is 13.9. The number of benzene rings is 2. The van der Waals surface area contributed by atoms with Crippen LogP contribution in [0, 0.1) is 5.82 Å². The number of fused-ring (bicyclic) bond motifs is 1. The molecule has 152 valence electrons. The van der Waals surface area contributed by atoms with Crippen molar-refractivity contribution in [2.45, 2.75) is 11.4 Å². The second-order valence-corrected chi connectivity index (χ2v) is 8.66. The summed E-state index contributed by atoms with van der Waals surface area (Å²) in [4.78, 5) is 24.6. The lowest BCUT2D eigenvalue weighted by molar-refractivity contribution is -0.119. The van der Waals surface area contributed by atoms with Gasteiger partial charge < -0.3 is 9.32 Å². The summed E-state index contributed by atoms with van der Waals surface area (Å²) < 4.78 is 47.5. The SMILES string of the molecule is O=CN1CCN(S(=O)(=O)c2ccc3c(c2)oc(=O)n3Cc2ccccc2F)CC1. The monoisotopic (exact) mass is 419 g/mol. The summed E-state index contributed by atoms with van der Waals surface area (Å²) >= 11 is 0. The molecule has 1 aliphatic heterocycles. The van der Waals surface area contributed by atoms with E-state index >= 15 is 0 Å². The lowest BCUT2D eigenvalue weighted by Crippen LogP contribution is -2.47. The van der Waals surface area contributed by atoms with Crippen LogP contribution in [-0.2, 0) is 21.4 Å². The molecule has 0 radical (unpaired) electrons. The maximum absolute atomic E-state index is 13.9. The van der Waals surface area contributed by atoms with Crippen molar-refractivity contribution < 1.29 is 22.0 Å². The van der Waals surface area contributed by atoms with Crippen LogP contribution in [0.25, 0.3) is 11.1 Å². The maximum Gasteiger partial charge on any atom is 0.420 e. The Labute approximate surface area is 165 Å². The third kappa shape index (κ3) is 3.56. The standard InChI is InChI=1S/C19H18FN3O5S/c20-16-4-2-1-3-14(16)12-23-17-6-5-15(11-18(17)28-19(23)25)29(26,27)22-9-7-21(13-24)8-10-22/h1-6,11,13H,7-10,12H2. The molecule has 1 aromatic heterocycles. The molecule has 1 fully saturated rings. The van der Waals surface area contributed by atoms with E-state index in [0.29, 0.717) is 30.6 Å². The zero-order valence-corrected chi connectivity index (χ0v) is 16.1. The topological polar surface area (TPSA) is 92.8 Å². The van der Waals surface area contributed by atoms with Gasteiger partial charge in [-0.25, -0.2) is 17.6 Å². The number of halogens is 1. The van der Waals surface area contributed by atoms with Gasteiger partial charge in [-0.15, -0.1) is 0 Å². The van der Waals surface area contributed by atoms with E-state index in [1.54, 1.807) is 18.2 Å². The van der Waals surface area contributed by atoms with Crippen LogP contribution in [0.15, 0.2) is 56.6 Å². The highest BCUT2D eigenvalue weighted by Gasteiger charge is 2.29. The number of oxazole rings is 1. The number of hydrogen-bond donors (Lipinski definition) is 0. The van der Waals surface area contributed by atoms with Gasteiger partial charge in [0.05, 0.1) is 17.0 Å². The first kappa shape index (κ1) is 19.3. The fraction of sp³-hybridized carbons (Fsp3) is 0.263. The number of carbonyl (C=O) groups is 1. The van der Waals surface area contributed by atoms with Crippen LogP contribution >= 0.6 is 0 Å². The molecule has 2 aromatic carbocycles. The third-order valence-electron chi connectivity index (χ3n) is 4.99. The summed E-state index contributed by atoms with van der Waals surface area (Å²) in [5.74, 6) is -1.14. The first-order chi connectivity index (χ1) is 13.9. The first-order valence-electron chi connectivity index (χ1n) is 8.96. The Hall–Kier alpha value is -2.98. The lowest BCUT2D eigenvalue weighted by atomic mass is 10.2. The molecular weight excluding hydrogens is 401 g/mol. The second-order valence-electron chi connectivity index (χ2n) is 6.72. The molecule has 8 nitrogen and oxygen atoms in total. The molecule has 0 saturated carbocycles. The Kier molecular flexibility index (Phi) is 4.97. The fourth-order valence-electron chi connectivity index (χ4n) is 3.35. The van der Waals surface area contributed by atoms with Crippen molar-refractivity contribution in [3.05, 3.63) is 64.4 Å². The average Bonchev–Trinajstić information content (AvgIpc) is 3.04. The van der Waals surface area contributed by atoms with E-state index in [1.165, 1.54) is 38.0 Å². The number of piperazine rings is 1. The molecular formula is C19H18FN3O5S. The molecule has 0 N–H and O–H groups in total. The van der Waals surface area contributed by atoms with E-state index < -0.39 is 21.6 Å². The number of rotatable bonds is 5. The summed E-state index contributed by atoms with van der Waals surface area (Å²) in [5.41, 5.74) is 0.809. The minimum Gasteiger partial charge on any atom is -0.408 e. The van der Waals surface area contributed by atoms with Crippen LogP contribution < -0.4 is 5.76 Å². The Morgan fingerprint density at radius 1 is 1.07 bits per heavy atom. The van der Waals surface area contributed by atoms with E-state index in [4.69, 9.17) is 4.42 Å². The van der Waals surface area contributed by atoms with Crippen LogP contribution in [0.2, 0.25) is 0 Å². The van der Waals surface area contributed by atoms with Crippen molar-refractivity contribution >= 4 is 27.5 Å². The molecule has 0 atom stereocenters. The minimum absolute atomic E-state index is 0.00338. The summed E-state index contributed by atoms with van der Waals surface area (Å²) in [6, 6.07) is 10.3. The van der Waals surface area contributed by atoms with Crippen molar-refractivity contribution in [3.8, 4) is 0 Å². The van der Waals surface area contributed by atoms with E-state index in [0.717, 1.165) is 0 Å². The van der Waals surface area contributed by atoms with Gasteiger partial charge >= 0.3 is 5.76 Å². The number of carbonyl (C=O) groups excluding carboxylic acids is 1. The number of aromatic nitrogens is 1. The Morgan fingerprint density at radius 3 is 2.48 bits per heavy atom. The van der Waals surface area contributed by atoms with Crippen molar-refractivity contribution in [1.29, 1.82) is 0 Å². The van der Waals surface area contributed by atoms with Crippen LogP contribution in [0.3, 0.4) is 0 Å². The van der Waals surface area contributed by atoms with Gasteiger partial charge in [0.1, 0.15) is 5.82 Å². The van der Waals surface area contributed by atoms with E-state index in [1.807, 2.05) is 0 Å². The molecule has 0 unspecified atom stereocenters. The van der Waals surface area contributed by atoms with Crippen molar-refractivity contribution in [1.82, 2.24) is 13.8 Å². The average molecular weight is 419 g/mol. The van der Waals surface area contributed by atoms with Crippen LogP contribution in [0.4, 0.5) is 4.39 Å². The molecule has 10 heteroatoms. The van der Waals surface area contributed by atoms with Crippen LogP contribution in [0.1, 0.15) is 5.56 Å². The van der Waals surface area contributed by atoms with Crippen molar-refractivity contribution in [2.75, 3.05) is 26.2 Å². The lowest BCUT2D eigenvalue weighted by Gasteiger charge is -2.31. The summed E-state index contributed by atoms with van der Waals surface area (Å²) in [6.07, 6.45) is 0.697. The van der Waals surface area contributed by atoms with Gasteiger partial charge in [0.25, 0.3) is 0 Å². The molecule has 2 heterocycles. The second kappa shape index (κ2) is 7.45. The van der Waals surface area contributed by atoms with Crippen LogP contribution in [0.5, 0.6) is 0 Å². The van der Waals surface area contributed by atoms with Gasteiger partial charge in [0.2, 0.25) is 16.4 Å². The predicted octanol–water partition coefficient (Wildman–Crippen LogP) is 1.24. The number of nitrogens with zero attached hydrogens (tertiary/aromatic N) is 3. The highest BCUT2D eigenvalue weighted by molar-refractivity contribution is 7.89. The Balaban J connectivity index is 1.66. The van der Waals surface area contributed by atoms with Gasteiger partial charge in [0, 0.05) is 37.8 Å². The summed E-state index contributed by atoms with van der Waals surface area (Å²) in [6.45, 7) is 0.991. The van der Waals surface area contributed by atoms with E-state index in [9.17, 15) is 22.4 Å². The highest BCUT2D eigenvalue weighted by atomic mass is 32.2. The molecule has 1 amide bonds. The number of amides is 1. The quantitative estimate of drug-likeness (QED) is 0.581. The Morgan fingerprint density at radius 2 is 1.79 bits per heavy atom. The van der Waals surface area contributed by atoms with Crippen molar-refractivity contribution in [3.63, 3.8) is 0 Å². The molecule has 1 aliphatic rings. The predicted molar refractivity (Wildman–Crippen MR) is 102 cm³/mol. The molecule has 3 aromatic rings. The molecule has 0 aliphatic carbocycles. The first-order valence-corrected chi connectivity index (χ1v) is 10.4. The van der Waals surface area contributed by atoms with Gasteiger partial charge in [-0.2, -0.15) is 4.31 Å². The minimum atomic E-state index is -3.79. The Bertz CT molecular complexity index is 1230. The number of sulfonamides is 1. The highest BCUT2D eigenvalue weighted by Crippen LogP contribution is 2.23. The number of hydrogen-bond acceptors (Lipinski definition) is 5. The zero-order valence-electron chi connectivity index (χ0n) is 15.3. The van der Waals surface area contributed by atoms with E-state index in [-0.39, 0.29) is 30.1 Å². The molecule has 4 rings (SSSR count). The van der Waals surface area contributed by atoms with E-state index in [2.05, 4.69) is 0 Å². The fourth-order valence-corrected chi connectivity index (χ4v) is 4.79. The van der Waals surface area contributed by atoms with Gasteiger partial charge in [-0.05, 0) is 18.2 Å². The largest absolute Gasteiger partial charge is 0.420 e. The molecule has 0 bridgehead atoms. The third-order valence-corrected chi connectivity index (χ3v) is 6.88. The summed E-state index contributed by atoms with van der Waals surface area (Å²) in [7, 11) is -3.79. The zero-order chi connectivity index (χ0) is 20.6. The molecule has 0 spiro atoms. The smallest absolute Gasteiger partial charge is 0.408 e. The normalized spacial score (nSPS) is 15.7. The van der Waals surface area contributed by atoms with Crippen LogP contribution in [-0.4, -0.2) is 54.8 Å². The summed E-state index contributed by atoms with van der Waals surface area (Å²) in [5, 5.41) is 0. The molecule has 29 heavy (non-hydrogen) atoms. The molecule has 1 saturated heterocycles. The van der Waals surface area contributed by atoms with Crippen molar-refractivity contribution in [2.24, 2.45) is 0 Å².